The third kappa shape index (κ3) is 1.91. The van der Waals surface area contributed by atoms with Gasteiger partial charge in [0.15, 0.2) is 0 Å². The third-order valence-electron chi connectivity index (χ3n) is 3.11. The summed E-state index contributed by atoms with van der Waals surface area (Å²) in [7, 11) is 0. The van der Waals surface area contributed by atoms with Crippen molar-refractivity contribution in [2.75, 3.05) is 0 Å². The summed E-state index contributed by atoms with van der Waals surface area (Å²) in [5.41, 5.74) is 5.92. The zero-order valence-corrected chi connectivity index (χ0v) is 9.94. The summed E-state index contributed by atoms with van der Waals surface area (Å²) in [6, 6.07) is 0. The van der Waals surface area contributed by atoms with Crippen molar-refractivity contribution in [3.63, 3.8) is 0 Å². The summed E-state index contributed by atoms with van der Waals surface area (Å²) in [4.78, 5) is 0. The van der Waals surface area contributed by atoms with Gasteiger partial charge < -0.3 is 10.4 Å². The molecule has 0 bridgehead atoms. The Morgan fingerprint density at radius 3 is 1.12 bits per heavy atom. The van der Waals surface area contributed by atoms with Gasteiger partial charge in [0.05, 0.1) is 12.4 Å². The lowest BCUT2D eigenvalue weighted by atomic mass is 9.90. The van der Waals surface area contributed by atoms with E-state index >= 15 is 0 Å². The quantitative estimate of drug-likeness (QED) is 0.457. The Labute approximate surface area is 94.9 Å². The van der Waals surface area contributed by atoms with E-state index in [9.17, 15) is 0 Å². The summed E-state index contributed by atoms with van der Waals surface area (Å²) in [5.74, 6) is 0. The molecule has 1 rings (SSSR count). The number of hydrogen-bond acceptors (Lipinski definition) is 4. The first-order chi connectivity index (χ1) is 7.54. The molecule has 0 spiro atoms. The Morgan fingerprint density at radius 2 is 0.938 bits per heavy atom. The molecule has 1 aromatic carbocycles. The van der Waals surface area contributed by atoms with Gasteiger partial charge in [-0.3, -0.25) is 0 Å². The Kier molecular flexibility index (Phi) is 3.66. The van der Waals surface area contributed by atoms with Crippen LogP contribution < -0.4 is 0 Å². The zero-order chi connectivity index (χ0) is 12.3. The maximum Gasteiger partial charge on any atom is 0.0739 e. The Morgan fingerprint density at radius 1 is 0.688 bits per heavy atom. The highest BCUT2D eigenvalue weighted by Gasteiger charge is 2.12. The minimum atomic E-state index is 0.910. The second kappa shape index (κ2) is 4.79. The van der Waals surface area contributed by atoms with Gasteiger partial charge in [-0.2, -0.15) is 0 Å². The highest BCUT2D eigenvalue weighted by atomic mass is 16.4. The number of nitrogens with zero attached hydrogens (tertiary/aromatic N) is 2. The average molecular weight is 220 g/mol. The van der Waals surface area contributed by atoms with Gasteiger partial charge in [0.2, 0.25) is 0 Å². The molecule has 0 aliphatic carbocycles. The van der Waals surface area contributed by atoms with Crippen molar-refractivity contribution >= 4 is 12.4 Å². The fourth-order valence-electron chi connectivity index (χ4n) is 1.87. The van der Waals surface area contributed by atoms with E-state index in [-0.39, 0.29) is 0 Å². The molecule has 16 heavy (non-hydrogen) atoms. The van der Waals surface area contributed by atoms with Gasteiger partial charge in [0.25, 0.3) is 0 Å². The predicted molar refractivity (Wildman–Crippen MR) is 64.2 cm³/mol. The van der Waals surface area contributed by atoms with Crippen LogP contribution in [0.5, 0.6) is 0 Å². The molecule has 0 aliphatic rings. The molecule has 0 unspecified atom stereocenters. The van der Waals surface area contributed by atoms with E-state index in [4.69, 9.17) is 10.4 Å². The summed E-state index contributed by atoms with van der Waals surface area (Å²) >= 11 is 0. The van der Waals surface area contributed by atoms with Crippen LogP contribution in [0.25, 0.3) is 0 Å². The fraction of sp³-hybridized carbons (Fsp3) is 0.333. The topological polar surface area (TPSA) is 65.2 Å². The standard InChI is InChI=1S/C12H16N2O2/c1-7-8(2)12(6-14-16)10(4)9(3)11(7)5-13-15/h5-6,15-16H,1-4H3. The van der Waals surface area contributed by atoms with Crippen molar-refractivity contribution in [3.05, 3.63) is 33.4 Å². The van der Waals surface area contributed by atoms with E-state index in [2.05, 4.69) is 10.3 Å². The highest BCUT2D eigenvalue weighted by molar-refractivity contribution is 5.91. The van der Waals surface area contributed by atoms with Crippen LogP contribution in [-0.2, 0) is 0 Å². The number of benzene rings is 1. The maximum absolute atomic E-state index is 8.63. The second-order valence-electron chi connectivity index (χ2n) is 3.82. The van der Waals surface area contributed by atoms with Crippen LogP contribution in [0.2, 0.25) is 0 Å². The molecule has 0 radical (unpaired) electrons. The molecule has 0 amide bonds. The van der Waals surface area contributed by atoms with Crippen LogP contribution in [0.3, 0.4) is 0 Å². The SMILES string of the molecule is Cc1c(C)c(C=NO)c(C)c(C)c1C=NO. The van der Waals surface area contributed by atoms with Gasteiger partial charge in [-0.25, -0.2) is 0 Å². The van der Waals surface area contributed by atoms with E-state index in [1.165, 1.54) is 12.4 Å². The van der Waals surface area contributed by atoms with Crippen LogP contribution in [0.4, 0.5) is 0 Å². The van der Waals surface area contributed by atoms with Crippen molar-refractivity contribution in [1.82, 2.24) is 0 Å². The minimum absolute atomic E-state index is 0.910. The molecule has 0 saturated heterocycles. The van der Waals surface area contributed by atoms with Crippen LogP contribution >= 0.6 is 0 Å². The van der Waals surface area contributed by atoms with Gasteiger partial charge >= 0.3 is 0 Å². The van der Waals surface area contributed by atoms with Crippen LogP contribution in [0.1, 0.15) is 33.4 Å². The predicted octanol–water partition coefficient (Wildman–Crippen LogP) is 2.54. The van der Waals surface area contributed by atoms with Gasteiger partial charge in [0, 0.05) is 11.1 Å². The molecule has 4 heteroatoms. The zero-order valence-electron chi connectivity index (χ0n) is 9.94. The molecule has 2 N–H and O–H groups in total. The highest BCUT2D eigenvalue weighted by Crippen LogP contribution is 2.24. The lowest BCUT2D eigenvalue weighted by Gasteiger charge is -2.15. The molecule has 0 saturated carbocycles. The van der Waals surface area contributed by atoms with Crippen LogP contribution in [-0.4, -0.2) is 22.8 Å². The molecule has 1 aromatic rings. The molecule has 4 nitrogen and oxygen atoms in total. The molecule has 0 aromatic heterocycles. The van der Waals surface area contributed by atoms with Crippen molar-refractivity contribution in [2.45, 2.75) is 27.7 Å². The van der Waals surface area contributed by atoms with Crippen LogP contribution in [0, 0.1) is 27.7 Å². The summed E-state index contributed by atoms with van der Waals surface area (Å²) in [6.45, 7) is 7.81. The lowest BCUT2D eigenvalue weighted by molar-refractivity contribution is 0.321. The van der Waals surface area contributed by atoms with E-state index in [0.29, 0.717) is 0 Å². The molecule has 86 valence electrons. The van der Waals surface area contributed by atoms with Crippen molar-refractivity contribution in [2.24, 2.45) is 10.3 Å². The molecule has 0 atom stereocenters. The van der Waals surface area contributed by atoms with Gasteiger partial charge in [-0.15, -0.1) is 0 Å². The average Bonchev–Trinajstić information content (AvgIpc) is 2.28. The number of hydrogen-bond donors (Lipinski definition) is 2. The first-order valence-corrected chi connectivity index (χ1v) is 4.99. The molecule has 0 aliphatic heterocycles. The summed E-state index contributed by atoms with van der Waals surface area (Å²) in [6.07, 6.45) is 2.87. The Balaban J connectivity index is 3.62. The molecular formula is C12H16N2O2. The fourth-order valence-corrected chi connectivity index (χ4v) is 1.87. The minimum Gasteiger partial charge on any atom is -0.411 e. The molecular weight excluding hydrogens is 204 g/mol. The van der Waals surface area contributed by atoms with Gasteiger partial charge in [0.1, 0.15) is 0 Å². The summed E-state index contributed by atoms with van der Waals surface area (Å²) in [5, 5.41) is 23.4. The van der Waals surface area contributed by atoms with Crippen LogP contribution in [0.15, 0.2) is 10.3 Å². The maximum atomic E-state index is 8.63. The largest absolute Gasteiger partial charge is 0.411 e. The third-order valence-corrected chi connectivity index (χ3v) is 3.11. The summed E-state index contributed by atoms with van der Waals surface area (Å²) < 4.78 is 0. The van der Waals surface area contributed by atoms with E-state index < -0.39 is 0 Å². The van der Waals surface area contributed by atoms with E-state index in [1.54, 1.807) is 0 Å². The van der Waals surface area contributed by atoms with Crippen molar-refractivity contribution in [1.29, 1.82) is 0 Å². The monoisotopic (exact) mass is 220 g/mol. The second-order valence-corrected chi connectivity index (χ2v) is 3.82. The van der Waals surface area contributed by atoms with Gasteiger partial charge in [-0.05, 0) is 49.9 Å². The first-order valence-electron chi connectivity index (χ1n) is 4.99. The smallest absolute Gasteiger partial charge is 0.0739 e. The first kappa shape index (κ1) is 12.2. The lowest BCUT2D eigenvalue weighted by Crippen LogP contribution is -2.04. The van der Waals surface area contributed by atoms with Crippen molar-refractivity contribution in [3.8, 4) is 0 Å². The number of rotatable bonds is 2. The van der Waals surface area contributed by atoms with Crippen molar-refractivity contribution < 1.29 is 10.4 Å². The van der Waals surface area contributed by atoms with E-state index in [0.717, 1.165) is 33.4 Å². The molecule has 0 fully saturated rings. The normalized spacial score (nSPS) is 11.8. The number of oxime groups is 2. The Hall–Kier alpha value is -1.84. The molecule has 0 heterocycles. The van der Waals surface area contributed by atoms with E-state index in [1.807, 2.05) is 27.7 Å². The van der Waals surface area contributed by atoms with Gasteiger partial charge in [-0.1, -0.05) is 10.3 Å². The Bertz CT molecular complexity index is 391.